The first-order valence-corrected chi connectivity index (χ1v) is 9.96. The predicted octanol–water partition coefficient (Wildman–Crippen LogP) is 3.27. The number of methoxy groups -OCH3 is 2. The molecule has 0 aromatic heterocycles. The summed E-state index contributed by atoms with van der Waals surface area (Å²) in [6.07, 6.45) is 0.669. The average Bonchev–Trinajstić information content (AvgIpc) is 2.72. The molecular weight excluding hydrogens is 384 g/mol. The van der Waals surface area contributed by atoms with E-state index in [0.717, 1.165) is 24.3 Å². The molecule has 7 nitrogen and oxygen atoms in total. The number of fused-ring (bicyclic) bond motifs is 1. The van der Waals surface area contributed by atoms with Crippen molar-refractivity contribution in [2.75, 3.05) is 32.6 Å². The highest BCUT2D eigenvalue weighted by Crippen LogP contribution is 2.33. The molecule has 0 aliphatic carbocycles. The first-order chi connectivity index (χ1) is 14.4. The van der Waals surface area contributed by atoms with E-state index in [1.165, 1.54) is 5.56 Å². The van der Waals surface area contributed by atoms with E-state index in [4.69, 9.17) is 14.2 Å². The number of hydrogen-bond acceptors (Lipinski definition) is 6. The first kappa shape index (κ1) is 21.6. The van der Waals surface area contributed by atoms with Gasteiger partial charge in [0.1, 0.15) is 0 Å². The number of ether oxygens (including phenoxy) is 3. The van der Waals surface area contributed by atoms with Crippen LogP contribution in [0.2, 0.25) is 0 Å². The molecule has 3 rings (SSSR count). The topological polar surface area (TPSA) is 77.1 Å². The zero-order chi connectivity index (χ0) is 21.7. The molecule has 1 amide bonds. The van der Waals surface area contributed by atoms with Gasteiger partial charge in [-0.15, -0.1) is 0 Å². The van der Waals surface area contributed by atoms with Gasteiger partial charge in [0.2, 0.25) is 5.91 Å². The minimum atomic E-state index is -0.373. The van der Waals surface area contributed by atoms with E-state index >= 15 is 0 Å². The lowest BCUT2D eigenvalue weighted by atomic mass is 9.99. The number of benzene rings is 2. The molecule has 2 aromatic rings. The standard InChI is InChI=1S/C23H28N2O5/c1-15(2)30-23(27)16-5-7-19(8-6-16)24-22(26)14-25-10-9-17-11-20(28-3)21(29-4)12-18(17)13-25/h5-8,11-12,15H,9-10,13-14H2,1-4H3,(H,24,26). The van der Waals surface area contributed by atoms with Crippen molar-refractivity contribution >= 4 is 17.6 Å². The summed E-state index contributed by atoms with van der Waals surface area (Å²) >= 11 is 0. The van der Waals surface area contributed by atoms with E-state index in [0.29, 0.717) is 23.5 Å². The second-order valence-electron chi connectivity index (χ2n) is 7.52. The Balaban J connectivity index is 1.57. The van der Waals surface area contributed by atoms with Crippen LogP contribution >= 0.6 is 0 Å². The molecule has 1 aliphatic heterocycles. The van der Waals surface area contributed by atoms with Crippen molar-refractivity contribution in [2.24, 2.45) is 0 Å². The monoisotopic (exact) mass is 412 g/mol. The highest BCUT2D eigenvalue weighted by molar-refractivity contribution is 5.94. The van der Waals surface area contributed by atoms with Crippen LogP contribution in [0.25, 0.3) is 0 Å². The molecule has 160 valence electrons. The van der Waals surface area contributed by atoms with E-state index in [9.17, 15) is 9.59 Å². The normalized spacial score (nSPS) is 13.5. The van der Waals surface area contributed by atoms with Crippen molar-refractivity contribution in [3.05, 3.63) is 53.1 Å². The van der Waals surface area contributed by atoms with Crippen LogP contribution in [-0.4, -0.2) is 50.2 Å². The lowest BCUT2D eigenvalue weighted by Crippen LogP contribution is -2.37. The Bertz CT molecular complexity index is 909. The summed E-state index contributed by atoms with van der Waals surface area (Å²) in [5.41, 5.74) is 3.46. The number of carbonyl (C=O) groups is 2. The van der Waals surface area contributed by atoms with E-state index in [2.05, 4.69) is 10.2 Å². The summed E-state index contributed by atoms with van der Waals surface area (Å²) in [6.45, 7) is 5.35. The molecule has 1 heterocycles. The molecule has 1 N–H and O–H groups in total. The molecular formula is C23H28N2O5. The van der Waals surface area contributed by atoms with Gasteiger partial charge in [0.15, 0.2) is 11.5 Å². The zero-order valence-corrected chi connectivity index (χ0v) is 17.9. The van der Waals surface area contributed by atoms with Crippen LogP contribution < -0.4 is 14.8 Å². The molecule has 0 radical (unpaired) electrons. The summed E-state index contributed by atoms with van der Waals surface area (Å²) in [4.78, 5) is 26.5. The Morgan fingerprint density at radius 3 is 2.27 bits per heavy atom. The first-order valence-electron chi connectivity index (χ1n) is 9.96. The largest absolute Gasteiger partial charge is 0.493 e. The minimum absolute atomic E-state index is 0.101. The van der Waals surface area contributed by atoms with E-state index < -0.39 is 0 Å². The van der Waals surface area contributed by atoms with Gasteiger partial charge in [-0.25, -0.2) is 4.79 Å². The van der Waals surface area contributed by atoms with Crippen LogP contribution in [0.5, 0.6) is 11.5 Å². The summed E-state index contributed by atoms with van der Waals surface area (Å²) in [5.74, 6) is 0.945. The molecule has 0 saturated heterocycles. The lowest BCUT2D eigenvalue weighted by molar-refractivity contribution is -0.117. The fourth-order valence-corrected chi connectivity index (χ4v) is 3.45. The number of carbonyl (C=O) groups excluding carboxylic acids is 2. The second-order valence-corrected chi connectivity index (χ2v) is 7.52. The van der Waals surface area contributed by atoms with Crippen molar-refractivity contribution in [1.29, 1.82) is 0 Å². The quantitative estimate of drug-likeness (QED) is 0.704. The lowest BCUT2D eigenvalue weighted by Gasteiger charge is -2.29. The smallest absolute Gasteiger partial charge is 0.338 e. The van der Waals surface area contributed by atoms with Crippen molar-refractivity contribution in [3.63, 3.8) is 0 Å². The molecule has 0 unspecified atom stereocenters. The Labute approximate surface area is 176 Å². The summed E-state index contributed by atoms with van der Waals surface area (Å²) in [7, 11) is 3.25. The minimum Gasteiger partial charge on any atom is -0.493 e. The molecule has 0 fully saturated rings. The number of amides is 1. The van der Waals surface area contributed by atoms with E-state index in [1.54, 1.807) is 52.3 Å². The molecule has 0 bridgehead atoms. The van der Waals surface area contributed by atoms with E-state index in [-0.39, 0.29) is 24.5 Å². The van der Waals surface area contributed by atoms with Gasteiger partial charge in [0.25, 0.3) is 0 Å². The van der Waals surface area contributed by atoms with Crippen molar-refractivity contribution in [3.8, 4) is 11.5 Å². The predicted molar refractivity (Wildman–Crippen MR) is 114 cm³/mol. The van der Waals surface area contributed by atoms with E-state index in [1.807, 2.05) is 12.1 Å². The van der Waals surface area contributed by atoms with Crippen molar-refractivity contribution in [1.82, 2.24) is 4.90 Å². The molecule has 0 atom stereocenters. The van der Waals surface area contributed by atoms with Crippen LogP contribution in [0.15, 0.2) is 36.4 Å². The van der Waals surface area contributed by atoms with Gasteiger partial charge in [-0.3, -0.25) is 9.69 Å². The van der Waals surface area contributed by atoms with Gasteiger partial charge in [0.05, 0.1) is 32.4 Å². The summed E-state index contributed by atoms with van der Waals surface area (Å²) < 4.78 is 15.9. The third kappa shape index (κ3) is 5.30. The summed E-state index contributed by atoms with van der Waals surface area (Å²) in [5, 5.41) is 2.88. The van der Waals surface area contributed by atoms with Crippen LogP contribution in [0, 0.1) is 0 Å². The molecule has 7 heteroatoms. The highest BCUT2D eigenvalue weighted by Gasteiger charge is 2.21. The van der Waals surface area contributed by atoms with Gasteiger partial charge in [-0.1, -0.05) is 0 Å². The number of anilines is 1. The van der Waals surface area contributed by atoms with Gasteiger partial charge in [0, 0.05) is 18.8 Å². The SMILES string of the molecule is COc1cc2c(cc1OC)CN(CC(=O)Nc1ccc(C(=O)OC(C)C)cc1)CC2. The Hall–Kier alpha value is -3.06. The molecule has 2 aromatic carbocycles. The van der Waals surface area contributed by atoms with Crippen LogP contribution in [0.1, 0.15) is 35.3 Å². The van der Waals surface area contributed by atoms with Crippen LogP contribution in [-0.2, 0) is 22.5 Å². The molecule has 1 aliphatic rings. The summed E-state index contributed by atoms with van der Waals surface area (Å²) in [6, 6.07) is 10.7. The van der Waals surface area contributed by atoms with Crippen molar-refractivity contribution < 1.29 is 23.8 Å². The Morgan fingerprint density at radius 2 is 1.67 bits per heavy atom. The van der Waals surface area contributed by atoms with Gasteiger partial charge in [-0.05, 0) is 67.8 Å². The molecule has 30 heavy (non-hydrogen) atoms. The van der Waals surface area contributed by atoms with Crippen molar-refractivity contribution in [2.45, 2.75) is 32.9 Å². The second kappa shape index (κ2) is 9.63. The van der Waals surface area contributed by atoms with Gasteiger partial charge in [-0.2, -0.15) is 0 Å². The number of nitrogens with one attached hydrogen (secondary N) is 1. The van der Waals surface area contributed by atoms with Crippen LogP contribution in [0.3, 0.4) is 0 Å². The number of esters is 1. The number of rotatable bonds is 7. The van der Waals surface area contributed by atoms with Gasteiger partial charge >= 0.3 is 5.97 Å². The van der Waals surface area contributed by atoms with Crippen LogP contribution in [0.4, 0.5) is 5.69 Å². The zero-order valence-electron chi connectivity index (χ0n) is 17.9. The molecule has 0 spiro atoms. The maximum absolute atomic E-state index is 12.5. The third-order valence-electron chi connectivity index (χ3n) is 4.91. The fourth-order valence-electron chi connectivity index (χ4n) is 3.45. The Morgan fingerprint density at radius 1 is 1.03 bits per heavy atom. The maximum atomic E-state index is 12.5. The number of nitrogens with zero attached hydrogens (tertiary/aromatic N) is 1. The molecule has 0 saturated carbocycles. The Kier molecular flexibility index (Phi) is 6.95. The maximum Gasteiger partial charge on any atom is 0.338 e. The number of hydrogen-bond donors (Lipinski definition) is 1. The average molecular weight is 412 g/mol. The fraction of sp³-hybridized carbons (Fsp3) is 0.391. The van der Waals surface area contributed by atoms with Gasteiger partial charge < -0.3 is 19.5 Å². The third-order valence-corrected chi connectivity index (χ3v) is 4.91. The highest BCUT2D eigenvalue weighted by atomic mass is 16.5.